The van der Waals surface area contributed by atoms with E-state index in [-0.39, 0.29) is 5.97 Å². The summed E-state index contributed by atoms with van der Waals surface area (Å²) in [4.78, 5) is 12.4. The third kappa shape index (κ3) is 2.33. The number of esters is 1. The molecule has 122 valence electrons. The van der Waals surface area contributed by atoms with Gasteiger partial charge >= 0.3 is 5.97 Å². The average Bonchev–Trinajstić information content (AvgIpc) is 2.60. The normalized spacial score (nSPS) is 20.0. The van der Waals surface area contributed by atoms with E-state index in [9.17, 15) is 4.79 Å². The standard InChI is InChI=1S/C19H22O4/c1-19(18(20)23-4)9-5-6-13-15-10-12(21-2)7-8-14(15)17(22-3)11-16(13)19/h7-8,10-11H,5-6,9H2,1-4H3. The smallest absolute Gasteiger partial charge is 0.316 e. The van der Waals surface area contributed by atoms with Crippen LogP contribution in [0, 0.1) is 0 Å². The molecule has 0 aromatic heterocycles. The van der Waals surface area contributed by atoms with Gasteiger partial charge in [0.25, 0.3) is 0 Å². The zero-order valence-corrected chi connectivity index (χ0v) is 14.1. The summed E-state index contributed by atoms with van der Waals surface area (Å²) in [5, 5.41) is 2.13. The van der Waals surface area contributed by atoms with Gasteiger partial charge in [-0.05, 0) is 67.0 Å². The maximum atomic E-state index is 12.4. The maximum absolute atomic E-state index is 12.4. The Labute approximate surface area is 136 Å². The molecule has 1 unspecified atom stereocenters. The molecule has 0 radical (unpaired) electrons. The van der Waals surface area contributed by atoms with Crippen LogP contribution >= 0.6 is 0 Å². The molecule has 0 aliphatic heterocycles. The van der Waals surface area contributed by atoms with E-state index < -0.39 is 5.41 Å². The fraction of sp³-hybridized carbons (Fsp3) is 0.421. The van der Waals surface area contributed by atoms with Gasteiger partial charge in [0.2, 0.25) is 0 Å². The van der Waals surface area contributed by atoms with Crippen LogP contribution < -0.4 is 9.47 Å². The van der Waals surface area contributed by atoms with E-state index in [1.807, 2.05) is 31.2 Å². The van der Waals surface area contributed by atoms with Gasteiger partial charge < -0.3 is 14.2 Å². The highest BCUT2D eigenvalue weighted by Gasteiger charge is 2.41. The first-order chi connectivity index (χ1) is 11.0. The number of hydrogen-bond acceptors (Lipinski definition) is 4. The third-order valence-electron chi connectivity index (χ3n) is 4.97. The van der Waals surface area contributed by atoms with Crippen LogP contribution in [0.3, 0.4) is 0 Å². The highest BCUT2D eigenvalue weighted by Crippen LogP contribution is 2.44. The minimum absolute atomic E-state index is 0.192. The van der Waals surface area contributed by atoms with E-state index in [4.69, 9.17) is 14.2 Å². The number of fused-ring (bicyclic) bond motifs is 3. The number of rotatable bonds is 3. The van der Waals surface area contributed by atoms with Crippen LogP contribution in [0.1, 0.15) is 30.9 Å². The van der Waals surface area contributed by atoms with Crippen molar-refractivity contribution in [2.75, 3.05) is 21.3 Å². The third-order valence-corrected chi connectivity index (χ3v) is 4.97. The Morgan fingerprint density at radius 2 is 1.87 bits per heavy atom. The van der Waals surface area contributed by atoms with Crippen molar-refractivity contribution in [2.24, 2.45) is 0 Å². The van der Waals surface area contributed by atoms with Crippen molar-refractivity contribution >= 4 is 16.7 Å². The molecular formula is C19H22O4. The molecule has 0 saturated carbocycles. The minimum Gasteiger partial charge on any atom is -0.497 e. The summed E-state index contributed by atoms with van der Waals surface area (Å²) in [5.74, 6) is 1.39. The van der Waals surface area contributed by atoms with Crippen LogP contribution in [-0.2, 0) is 21.4 Å². The Hall–Kier alpha value is -2.23. The summed E-state index contributed by atoms with van der Waals surface area (Å²) in [5.41, 5.74) is 1.57. The summed E-state index contributed by atoms with van der Waals surface area (Å²) in [7, 11) is 4.76. The number of carbonyl (C=O) groups is 1. The van der Waals surface area contributed by atoms with Crippen LogP contribution in [0.25, 0.3) is 10.8 Å². The lowest BCUT2D eigenvalue weighted by Crippen LogP contribution is -2.37. The molecule has 1 aliphatic rings. The number of hydrogen-bond donors (Lipinski definition) is 0. The van der Waals surface area contributed by atoms with Gasteiger partial charge in [-0.1, -0.05) is 0 Å². The molecule has 4 heteroatoms. The summed E-state index contributed by atoms with van der Waals surface area (Å²) in [6, 6.07) is 7.97. The second-order valence-electron chi connectivity index (χ2n) is 6.19. The molecule has 1 aliphatic carbocycles. The van der Waals surface area contributed by atoms with Gasteiger partial charge in [-0.25, -0.2) is 0 Å². The predicted octanol–water partition coefficient (Wildman–Crippen LogP) is 3.62. The Balaban J connectivity index is 2.34. The fourth-order valence-corrected chi connectivity index (χ4v) is 3.68. The number of methoxy groups -OCH3 is 3. The largest absolute Gasteiger partial charge is 0.497 e. The van der Waals surface area contributed by atoms with Gasteiger partial charge in [-0.15, -0.1) is 0 Å². The molecule has 23 heavy (non-hydrogen) atoms. The number of benzene rings is 2. The second kappa shape index (κ2) is 5.76. The molecule has 0 saturated heterocycles. The SMILES string of the molecule is COC(=O)C1(C)CCCc2c1cc(OC)c1ccc(OC)cc21. The van der Waals surface area contributed by atoms with E-state index in [2.05, 4.69) is 0 Å². The highest BCUT2D eigenvalue weighted by atomic mass is 16.5. The molecule has 4 nitrogen and oxygen atoms in total. The maximum Gasteiger partial charge on any atom is 0.316 e. The first kappa shape index (κ1) is 15.7. The van der Waals surface area contributed by atoms with E-state index in [0.29, 0.717) is 0 Å². The molecule has 2 aromatic rings. The van der Waals surface area contributed by atoms with Crippen molar-refractivity contribution in [2.45, 2.75) is 31.6 Å². The predicted molar refractivity (Wildman–Crippen MR) is 89.4 cm³/mol. The molecule has 3 rings (SSSR count). The number of carbonyl (C=O) groups excluding carboxylic acids is 1. The fourth-order valence-electron chi connectivity index (χ4n) is 3.68. The van der Waals surface area contributed by atoms with Crippen LogP contribution in [0.4, 0.5) is 0 Å². The van der Waals surface area contributed by atoms with Crippen LogP contribution in [0.2, 0.25) is 0 Å². The molecule has 2 aromatic carbocycles. The molecular weight excluding hydrogens is 292 g/mol. The van der Waals surface area contributed by atoms with E-state index in [1.54, 1.807) is 14.2 Å². The van der Waals surface area contributed by atoms with Crippen LogP contribution in [0.15, 0.2) is 24.3 Å². The molecule has 0 heterocycles. The molecule has 0 bridgehead atoms. The summed E-state index contributed by atoms with van der Waals surface area (Å²) < 4.78 is 16.0. The van der Waals surface area contributed by atoms with Crippen molar-refractivity contribution in [1.29, 1.82) is 0 Å². The Bertz CT molecular complexity index is 766. The van der Waals surface area contributed by atoms with Gasteiger partial charge in [0.1, 0.15) is 11.5 Å². The van der Waals surface area contributed by atoms with Gasteiger partial charge in [0.15, 0.2) is 0 Å². The van der Waals surface area contributed by atoms with Gasteiger partial charge in [-0.3, -0.25) is 4.79 Å². The monoisotopic (exact) mass is 314 g/mol. The van der Waals surface area contributed by atoms with Gasteiger partial charge in [-0.2, -0.15) is 0 Å². The van der Waals surface area contributed by atoms with E-state index in [1.165, 1.54) is 12.7 Å². The molecule has 0 spiro atoms. The quantitative estimate of drug-likeness (QED) is 0.812. The molecule has 0 N–H and O–H groups in total. The van der Waals surface area contributed by atoms with Crippen molar-refractivity contribution in [3.05, 3.63) is 35.4 Å². The second-order valence-corrected chi connectivity index (χ2v) is 6.19. The van der Waals surface area contributed by atoms with E-state index >= 15 is 0 Å². The highest BCUT2D eigenvalue weighted by molar-refractivity contribution is 5.96. The number of aryl methyl sites for hydroxylation is 1. The van der Waals surface area contributed by atoms with Crippen molar-refractivity contribution in [3.63, 3.8) is 0 Å². The molecule has 0 amide bonds. The minimum atomic E-state index is -0.632. The zero-order valence-electron chi connectivity index (χ0n) is 14.1. The Morgan fingerprint density at radius 1 is 1.09 bits per heavy atom. The van der Waals surface area contributed by atoms with Crippen molar-refractivity contribution in [1.82, 2.24) is 0 Å². The lowest BCUT2D eigenvalue weighted by molar-refractivity contribution is -0.147. The first-order valence-corrected chi connectivity index (χ1v) is 7.81. The van der Waals surface area contributed by atoms with Crippen LogP contribution in [-0.4, -0.2) is 27.3 Å². The lowest BCUT2D eigenvalue weighted by atomic mass is 9.70. The zero-order chi connectivity index (χ0) is 16.6. The summed E-state index contributed by atoms with van der Waals surface area (Å²) in [6.45, 7) is 1.96. The molecule has 1 atom stereocenters. The number of ether oxygens (including phenoxy) is 3. The Kier molecular flexibility index (Phi) is 3.92. The van der Waals surface area contributed by atoms with Crippen molar-refractivity contribution < 1.29 is 19.0 Å². The van der Waals surface area contributed by atoms with E-state index in [0.717, 1.165) is 47.1 Å². The summed E-state index contributed by atoms with van der Waals surface area (Å²) in [6.07, 6.45) is 2.68. The van der Waals surface area contributed by atoms with Gasteiger partial charge in [0.05, 0.1) is 26.7 Å². The van der Waals surface area contributed by atoms with Crippen molar-refractivity contribution in [3.8, 4) is 11.5 Å². The topological polar surface area (TPSA) is 44.8 Å². The lowest BCUT2D eigenvalue weighted by Gasteiger charge is -2.34. The molecule has 0 fully saturated rings. The first-order valence-electron chi connectivity index (χ1n) is 7.81. The van der Waals surface area contributed by atoms with Gasteiger partial charge in [0, 0.05) is 5.39 Å². The Morgan fingerprint density at radius 3 is 2.52 bits per heavy atom. The summed E-state index contributed by atoms with van der Waals surface area (Å²) >= 11 is 0. The average molecular weight is 314 g/mol. The van der Waals surface area contributed by atoms with Crippen LogP contribution in [0.5, 0.6) is 11.5 Å².